The molecule has 36 heavy (non-hydrogen) atoms. The summed E-state index contributed by atoms with van der Waals surface area (Å²) in [5.74, 6) is 0.257. The van der Waals surface area contributed by atoms with Gasteiger partial charge in [-0.1, -0.05) is 12.1 Å². The Balaban J connectivity index is 1.61. The number of esters is 1. The van der Waals surface area contributed by atoms with Gasteiger partial charge in [0.2, 0.25) is 0 Å². The summed E-state index contributed by atoms with van der Waals surface area (Å²) in [5, 5.41) is 11.3. The zero-order chi connectivity index (χ0) is 26.1. The lowest BCUT2D eigenvalue weighted by molar-refractivity contribution is 0.0600. The molecule has 0 aliphatic heterocycles. The van der Waals surface area contributed by atoms with Gasteiger partial charge in [-0.2, -0.15) is 0 Å². The molecule has 0 aliphatic rings. The molecule has 0 fully saturated rings. The molecule has 0 unspecified atom stereocenters. The van der Waals surface area contributed by atoms with Crippen molar-refractivity contribution in [3.63, 3.8) is 0 Å². The summed E-state index contributed by atoms with van der Waals surface area (Å²) in [4.78, 5) is 40.2. The maximum atomic E-state index is 12.6. The number of pyridine rings is 1. The van der Waals surface area contributed by atoms with E-state index in [0.29, 0.717) is 28.4 Å². The van der Waals surface area contributed by atoms with E-state index < -0.39 is 12.0 Å². The highest BCUT2D eigenvalue weighted by Gasteiger charge is 2.13. The monoisotopic (exact) mass is 491 g/mol. The number of hydrogen-bond donors (Lipinski definition) is 4. The Kier molecular flexibility index (Phi) is 8.82. The summed E-state index contributed by atoms with van der Waals surface area (Å²) in [7, 11) is 2.84. The Labute approximate surface area is 209 Å². The summed E-state index contributed by atoms with van der Waals surface area (Å²) in [6.07, 6.45) is 1.50. The molecule has 10 nitrogen and oxygen atoms in total. The molecule has 0 saturated heterocycles. The number of carbonyl (C=O) groups excluding carboxylic acids is 3. The lowest BCUT2D eigenvalue weighted by Gasteiger charge is -2.17. The second kappa shape index (κ2) is 12.2. The SMILES string of the molecule is CNC(=O)c1cc(Oc2ccc(CNC(=O)Nc3cc(C(=O)OC)ccc3NC(C)C)cc2)ccn1. The molecule has 10 heteroatoms. The van der Waals surface area contributed by atoms with Gasteiger partial charge in [0, 0.05) is 31.9 Å². The van der Waals surface area contributed by atoms with Crippen LogP contribution in [-0.4, -0.2) is 43.1 Å². The molecule has 3 amide bonds. The molecule has 4 N–H and O–H groups in total. The van der Waals surface area contributed by atoms with Crippen LogP contribution >= 0.6 is 0 Å². The molecular formula is C26H29N5O5. The Morgan fingerprint density at radius 3 is 2.36 bits per heavy atom. The highest BCUT2D eigenvalue weighted by atomic mass is 16.5. The van der Waals surface area contributed by atoms with Crippen molar-refractivity contribution in [1.82, 2.24) is 15.6 Å². The third-order valence-corrected chi connectivity index (χ3v) is 4.94. The first-order chi connectivity index (χ1) is 17.3. The van der Waals surface area contributed by atoms with E-state index in [4.69, 9.17) is 9.47 Å². The van der Waals surface area contributed by atoms with Crippen molar-refractivity contribution in [2.45, 2.75) is 26.4 Å². The van der Waals surface area contributed by atoms with Gasteiger partial charge in [0.05, 0.1) is 24.0 Å². The number of hydrogen-bond acceptors (Lipinski definition) is 7. The molecule has 0 radical (unpaired) electrons. The summed E-state index contributed by atoms with van der Waals surface area (Å²) >= 11 is 0. The van der Waals surface area contributed by atoms with Crippen LogP contribution in [0.25, 0.3) is 0 Å². The van der Waals surface area contributed by atoms with Gasteiger partial charge in [0.25, 0.3) is 5.91 Å². The van der Waals surface area contributed by atoms with Crippen molar-refractivity contribution in [3.05, 3.63) is 77.6 Å². The molecule has 1 heterocycles. The van der Waals surface area contributed by atoms with Crippen LogP contribution in [0, 0.1) is 0 Å². The Morgan fingerprint density at radius 2 is 1.69 bits per heavy atom. The van der Waals surface area contributed by atoms with E-state index in [1.165, 1.54) is 20.4 Å². The zero-order valence-corrected chi connectivity index (χ0v) is 20.5. The first-order valence-electron chi connectivity index (χ1n) is 11.3. The minimum atomic E-state index is -0.492. The predicted octanol–water partition coefficient (Wildman–Crippen LogP) is 4.16. The van der Waals surface area contributed by atoms with Crippen LogP contribution in [0.3, 0.4) is 0 Å². The molecule has 0 bridgehead atoms. The summed E-state index contributed by atoms with van der Waals surface area (Å²) < 4.78 is 10.6. The fourth-order valence-electron chi connectivity index (χ4n) is 3.22. The average Bonchev–Trinajstić information content (AvgIpc) is 2.88. The molecule has 3 rings (SSSR count). The van der Waals surface area contributed by atoms with E-state index in [9.17, 15) is 14.4 Å². The van der Waals surface area contributed by atoms with Crippen LogP contribution in [0.15, 0.2) is 60.8 Å². The molecule has 0 spiro atoms. The fourth-order valence-corrected chi connectivity index (χ4v) is 3.22. The zero-order valence-electron chi connectivity index (χ0n) is 20.5. The summed E-state index contributed by atoms with van der Waals surface area (Å²) in [6, 6.07) is 15.0. The number of anilines is 2. The van der Waals surface area contributed by atoms with Gasteiger partial charge >= 0.3 is 12.0 Å². The number of nitrogens with one attached hydrogen (secondary N) is 4. The third kappa shape index (κ3) is 7.20. The van der Waals surface area contributed by atoms with Crippen LogP contribution in [0.5, 0.6) is 11.5 Å². The van der Waals surface area contributed by atoms with Crippen molar-refractivity contribution in [1.29, 1.82) is 0 Å². The number of ether oxygens (including phenoxy) is 2. The number of methoxy groups -OCH3 is 1. The average molecular weight is 492 g/mol. The summed E-state index contributed by atoms with van der Waals surface area (Å²) in [6.45, 7) is 4.22. The second-order valence-corrected chi connectivity index (χ2v) is 8.06. The van der Waals surface area contributed by atoms with Crippen LogP contribution in [0.4, 0.5) is 16.2 Å². The minimum absolute atomic E-state index is 0.126. The molecule has 2 aromatic carbocycles. The molecule has 1 aromatic heterocycles. The van der Waals surface area contributed by atoms with Gasteiger partial charge in [-0.15, -0.1) is 0 Å². The molecule has 0 aliphatic carbocycles. The highest BCUT2D eigenvalue weighted by Crippen LogP contribution is 2.25. The molecule has 188 valence electrons. The maximum absolute atomic E-state index is 12.6. The van der Waals surface area contributed by atoms with Gasteiger partial charge < -0.3 is 30.7 Å². The number of carbonyl (C=O) groups is 3. The minimum Gasteiger partial charge on any atom is -0.465 e. The quantitative estimate of drug-likeness (QED) is 0.331. The number of aromatic nitrogens is 1. The normalized spacial score (nSPS) is 10.4. The van der Waals surface area contributed by atoms with Gasteiger partial charge in [-0.25, -0.2) is 9.59 Å². The van der Waals surface area contributed by atoms with Crippen LogP contribution in [0.2, 0.25) is 0 Å². The topological polar surface area (TPSA) is 131 Å². The predicted molar refractivity (Wildman–Crippen MR) is 137 cm³/mol. The Hall–Kier alpha value is -4.60. The second-order valence-electron chi connectivity index (χ2n) is 8.06. The standard InChI is InChI=1S/C26H29N5O5/c1-16(2)30-21-10-7-18(25(33)35-4)13-22(21)31-26(34)29-15-17-5-8-19(9-6-17)36-20-11-12-28-23(14-20)24(32)27-3/h5-14,16,30H,15H2,1-4H3,(H,27,32)(H2,29,31,34). The fraction of sp³-hybridized carbons (Fsp3) is 0.231. The smallest absolute Gasteiger partial charge is 0.337 e. The lowest BCUT2D eigenvalue weighted by Crippen LogP contribution is -2.29. The number of nitrogens with zero attached hydrogens (tertiary/aromatic N) is 1. The number of benzene rings is 2. The van der Waals surface area contributed by atoms with Crippen molar-refractivity contribution in [2.24, 2.45) is 0 Å². The van der Waals surface area contributed by atoms with E-state index in [0.717, 1.165) is 5.56 Å². The summed E-state index contributed by atoms with van der Waals surface area (Å²) in [5.41, 5.74) is 2.58. The molecule has 0 saturated carbocycles. The van der Waals surface area contributed by atoms with Gasteiger partial charge in [-0.05, 0) is 55.8 Å². The van der Waals surface area contributed by atoms with E-state index in [-0.39, 0.29) is 24.2 Å². The van der Waals surface area contributed by atoms with E-state index >= 15 is 0 Å². The maximum Gasteiger partial charge on any atom is 0.337 e. The third-order valence-electron chi connectivity index (χ3n) is 4.94. The molecular weight excluding hydrogens is 462 g/mol. The van der Waals surface area contributed by atoms with Crippen LogP contribution in [0.1, 0.15) is 40.3 Å². The highest BCUT2D eigenvalue weighted by molar-refractivity contribution is 5.97. The molecule has 3 aromatic rings. The van der Waals surface area contributed by atoms with Crippen molar-refractivity contribution in [2.75, 3.05) is 24.8 Å². The number of amides is 3. The van der Waals surface area contributed by atoms with Crippen LogP contribution in [-0.2, 0) is 11.3 Å². The van der Waals surface area contributed by atoms with Crippen molar-refractivity contribution in [3.8, 4) is 11.5 Å². The lowest BCUT2D eigenvalue weighted by atomic mass is 10.1. The molecule has 0 atom stereocenters. The van der Waals surface area contributed by atoms with E-state index in [1.54, 1.807) is 42.5 Å². The Morgan fingerprint density at radius 1 is 0.944 bits per heavy atom. The van der Waals surface area contributed by atoms with E-state index in [1.807, 2.05) is 26.0 Å². The number of rotatable bonds is 9. The van der Waals surface area contributed by atoms with Crippen molar-refractivity contribution < 1.29 is 23.9 Å². The van der Waals surface area contributed by atoms with Crippen molar-refractivity contribution >= 4 is 29.3 Å². The van der Waals surface area contributed by atoms with E-state index in [2.05, 4.69) is 26.3 Å². The first kappa shape index (κ1) is 26.0. The van der Waals surface area contributed by atoms with Gasteiger partial charge in [-0.3, -0.25) is 9.78 Å². The Bertz CT molecular complexity index is 1230. The van der Waals surface area contributed by atoms with Gasteiger partial charge in [0.1, 0.15) is 17.2 Å². The first-order valence-corrected chi connectivity index (χ1v) is 11.3. The van der Waals surface area contributed by atoms with Crippen LogP contribution < -0.4 is 26.0 Å². The largest absolute Gasteiger partial charge is 0.465 e. The van der Waals surface area contributed by atoms with Gasteiger partial charge in [0.15, 0.2) is 0 Å². The number of urea groups is 1.